The molecule has 1 N–H and O–H groups in total. The van der Waals surface area contributed by atoms with E-state index in [0.29, 0.717) is 16.4 Å². The molecule has 0 aliphatic carbocycles. The first-order chi connectivity index (χ1) is 17.0. The highest BCUT2D eigenvalue weighted by Gasteiger charge is 2.26. The van der Waals surface area contributed by atoms with Crippen LogP contribution in [-0.2, 0) is 4.79 Å². The summed E-state index contributed by atoms with van der Waals surface area (Å²) in [4.78, 5) is 26.8. The van der Waals surface area contributed by atoms with Gasteiger partial charge in [0.05, 0.1) is 18.9 Å². The molecule has 1 aromatic heterocycles. The van der Waals surface area contributed by atoms with Gasteiger partial charge in [-0.3, -0.25) is 19.1 Å². The lowest BCUT2D eigenvalue weighted by Gasteiger charge is -2.31. The number of aromatic nitrogens is 3. The van der Waals surface area contributed by atoms with E-state index in [1.54, 1.807) is 31.4 Å². The van der Waals surface area contributed by atoms with Crippen molar-refractivity contribution < 1.29 is 14.3 Å². The number of likely N-dealkylation sites (tertiary alicyclic amines) is 1. The second-order valence-corrected chi connectivity index (χ2v) is 9.56. The molecule has 0 saturated carbocycles. The number of nitrogens with one attached hydrogen (secondary N) is 1. The fourth-order valence-corrected chi connectivity index (χ4v) is 4.99. The number of methoxy groups -OCH3 is 1. The smallest absolute Gasteiger partial charge is 0.234 e. The van der Waals surface area contributed by atoms with Gasteiger partial charge in [0.1, 0.15) is 5.75 Å². The van der Waals surface area contributed by atoms with Gasteiger partial charge in [0, 0.05) is 16.9 Å². The molecule has 2 heterocycles. The minimum atomic E-state index is -0.175. The van der Waals surface area contributed by atoms with E-state index < -0.39 is 0 Å². The van der Waals surface area contributed by atoms with Crippen LogP contribution in [0, 0.1) is 0 Å². The van der Waals surface area contributed by atoms with Crippen LogP contribution in [0.2, 0.25) is 0 Å². The van der Waals surface area contributed by atoms with Crippen LogP contribution < -0.4 is 10.1 Å². The Morgan fingerprint density at radius 1 is 1.09 bits per heavy atom. The van der Waals surface area contributed by atoms with Crippen LogP contribution in [0.15, 0.2) is 53.7 Å². The summed E-state index contributed by atoms with van der Waals surface area (Å²) in [5, 5.41) is 12.5. The lowest BCUT2D eigenvalue weighted by molar-refractivity contribution is -0.113. The number of ketones is 1. The van der Waals surface area contributed by atoms with Crippen LogP contribution in [0.3, 0.4) is 0 Å². The molecule has 3 aromatic rings. The van der Waals surface area contributed by atoms with Gasteiger partial charge in [0.15, 0.2) is 16.8 Å². The van der Waals surface area contributed by atoms with Crippen LogP contribution in [0.4, 0.5) is 5.69 Å². The molecule has 35 heavy (non-hydrogen) atoms. The molecular formula is C26H31N5O3S. The maximum Gasteiger partial charge on any atom is 0.234 e. The minimum absolute atomic E-state index is 0.0431. The molecule has 2 aromatic carbocycles. The molecule has 8 nitrogen and oxygen atoms in total. The zero-order chi connectivity index (χ0) is 24.8. The normalized spacial score (nSPS) is 14.9. The van der Waals surface area contributed by atoms with Crippen molar-refractivity contribution in [3.05, 3.63) is 59.9 Å². The molecule has 0 spiro atoms. The molecule has 0 radical (unpaired) electrons. The summed E-state index contributed by atoms with van der Waals surface area (Å²) in [6, 6.07) is 14.8. The SMILES string of the molecule is COc1ccc(-n2c(SCC(=O)Nc3cccc(C(C)=O)c3)nnc2[C@@H](C)N2CCCCC2)cc1. The van der Waals surface area contributed by atoms with Crippen molar-refractivity contribution in [1.29, 1.82) is 0 Å². The van der Waals surface area contributed by atoms with Gasteiger partial charge in [-0.2, -0.15) is 0 Å². The molecule has 184 valence electrons. The average Bonchev–Trinajstić information content (AvgIpc) is 3.31. The number of Topliss-reactive ketones (excluding diaryl/α,β-unsaturated/α-hetero) is 1. The van der Waals surface area contributed by atoms with Gasteiger partial charge < -0.3 is 10.1 Å². The highest BCUT2D eigenvalue weighted by atomic mass is 32.2. The Hall–Kier alpha value is -3.17. The quantitative estimate of drug-likeness (QED) is 0.340. The van der Waals surface area contributed by atoms with Crippen molar-refractivity contribution in [3.63, 3.8) is 0 Å². The summed E-state index contributed by atoms with van der Waals surface area (Å²) in [6.45, 7) is 5.76. The summed E-state index contributed by atoms with van der Waals surface area (Å²) < 4.78 is 7.36. The van der Waals surface area contributed by atoms with E-state index in [1.807, 2.05) is 28.8 Å². The van der Waals surface area contributed by atoms with E-state index in [9.17, 15) is 9.59 Å². The van der Waals surface area contributed by atoms with Gasteiger partial charge >= 0.3 is 0 Å². The van der Waals surface area contributed by atoms with E-state index >= 15 is 0 Å². The molecule has 1 atom stereocenters. The zero-order valence-corrected chi connectivity index (χ0v) is 21.2. The third kappa shape index (κ3) is 6.10. The van der Waals surface area contributed by atoms with Crippen molar-refractivity contribution in [2.45, 2.75) is 44.3 Å². The number of carbonyl (C=O) groups excluding carboxylic acids is 2. The Morgan fingerprint density at radius 2 is 1.83 bits per heavy atom. The first-order valence-electron chi connectivity index (χ1n) is 11.8. The van der Waals surface area contributed by atoms with E-state index in [4.69, 9.17) is 4.74 Å². The Balaban J connectivity index is 1.54. The maximum atomic E-state index is 12.7. The number of piperidine rings is 1. The summed E-state index contributed by atoms with van der Waals surface area (Å²) in [6.07, 6.45) is 3.64. The monoisotopic (exact) mass is 493 g/mol. The van der Waals surface area contributed by atoms with Gasteiger partial charge in [-0.15, -0.1) is 10.2 Å². The topological polar surface area (TPSA) is 89.3 Å². The molecule has 1 amide bonds. The third-order valence-electron chi connectivity index (χ3n) is 6.19. The van der Waals surface area contributed by atoms with Gasteiger partial charge in [0.25, 0.3) is 0 Å². The molecule has 1 aliphatic heterocycles. The molecule has 0 bridgehead atoms. The molecule has 1 aliphatic rings. The fraction of sp³-hybridized carbons (Fsp3) is 0.385. The van der Waals surface area contributed by atoms with E-state index in [1.165, 1.54) is 37.9 Å². The van der Waals surface area contributed by atoms with Crippen molar-refractivity contribution >= 4 is 29.1 Å². The number of amides is 1. The number of thioether (sulfide) groups is 1. The number of nitrogens with zero attached hydrogens (tertiary/aromatic N) is 4. The van der Waals surface area contributed by atoms with Crippen LogP contribution in [0.25, 0.3) is 5.69 Å². The van der Waals surface area contributed by atoms with Crippen LogP contribution in [0.1, 0.15) is 55.3 Å². The number of anilines is 1. The Morgan fingerprint density at radius 3 is 2.51 bits per heavy atom. The third-order valence-corrected chi connectivity index (χ3v) is 7.12. The Bertz CT molecular complexity index is 1170. The molecule has 9 heteroatoms. The minimum Gasteiger partial charge on any atom is -0.497 e. The van der Waals surface area contributed by atoms with E-state index in [0.717, 1.165) is 30.4 Å². The highest BCUT2D eigenvalue weighted by Crippen LogP contribution is 2.30. The van der Waals surface area contributed by atoms with Crippen molar-refractivity contribution in [2.75, 3.05) is 31.3 Å². The van der Waals surface area contributed by atoms with Crippen molar-refractivity contribution in [1.82, 2.24) is 19.7 Å². The van der Waals surface area contributed by atoms with Crippen molar-refractivity contribution in [3.8, 4) is 11.4 Å². The molecule has 0 unspecified atom stereocenters. The number of rotatable bonds is 9. The fourth-order valence-electron chi connectivity index (χ4n) is 4.23. The van der Waals surface area contributed by atoms with Gasteiger partial charge in [0.2, 0.25) is 5.91 Å². The maximum absolute atomic E-state index is 12.7. The predicted molar refractivity (Wildman–Crippen MR) is 138 cm³/mol. The number of hydrogen-bond acceptors (Lipinski definition) is 7. The Kier molecular flexibility index (Phi) is 8.20. The van der Waals surface area contributed by atoms with Gasteiger partial charge in [-0.1, -0.05) is 30.3 Å². The molecule has 1 fully saturated rings. The van der Waals surface area contributed by atoms with E-state index in [2.05, 4.69) is 27.3 Å². The lowest BCUT2D eigenvalue weighted by Crippen LogP contribution is -2.33. The second-order valence-electron chi connectivity index (χ2n) is 8.62. The Labute approximate surface area is 210 Å². The predicted octanol–water partition coefficient (Wildman–Crippen LogP) is 4.76. The van der Waals surface area contributed by atoms with Gasteiger partial charge in [-0.05, 0) is 76.2 Å². The first kappa shape index (κ1) is 24.9. The first-order valence-corrected chi connectivity index (χ1v) is 12.8. The summed E-state index contributed by atoms with van der Waals surface area (Å²) in [7, 11) is 1.64. The number of benzene rings is 2. The highest BCUT2D eigenvalue weighted by molar-refractivity contribution is 7.99. The lowest BCUT2D eigenvalue weighted by atomic mass is 10.1. The van der Waals surface area contributed by atoms with E-state index in [-0.39, 0.29) is 23.5 Å². The number of ether oxygens (including phenoxy) is 1. The second kappa shape index (κ2) is 11.5. The molecule has 1 saturated heterocycles. The number of carbonyl (C=O) groups is 2. The van der Waals surface area contributed by atoms with Crippen LogP contribution >= 0.6 is 11.8 Å². The summed E-state index contributed by atoms with van der Waals surface area (Å²) >= 11 is 1.34. The van der Waals surface area contributed by atoms with Crippen molar-refractivity contribution in [2.24, 2.45) is 0 Å². The zero-order valence-electron chi connectivity index (χ0n) is 20.4. The van der Waals surface area contributed by atoms with Crippen LogP contribution in [0.5, 0.6) is 5.75 Å². The van der Waals surface area contributed by atoms with Crippen LogP contribution in [-0.4, -0.2) is 57.3 Å². The average molecular weight is 494 g/mol. The summed E-state index contributed by atoms with van der Waals surface area (Å²) in [5.41, 5.74) is 2.08. The molecular weight excluding hydrogens is 462 g/mol. The standard InChI is InChI=1S/C26H31N5O3S/c1-18(30-14-5-4-6-15-30)25-28-29-26(31(25)22-10-12-23(34-3)13-11-22)35-17-24(33)27-21-9-7-8-20(16-21)19(2)32/h7-13,16,18H,4-6,14-15,17H2,1-3H3,(H,27,33)/t18-/m1/s1. The number of hydrogen-bond donors (Lipinski definition) is 1. The van der Waals surface area contributed by atoms with Gasteiger partial charge in [-0.25, -0.2) is 0 Å². The largest absolute Gasteiger partial charge is 0.497 e. The summed E-state index contributed by atoms with van der Waals surface area (Å²) in [5.74, 6) is 1.57. The molecule has 4 rings (SSSR count).